The number of rotatable bonds is 1. The molecule has 2 aliphatic carbocycles. The molecular formula is C31H36. The van der Waals surface area contributed by atoms with Gasteiger partial charge in [-0.1, -0.05) is 130 Å². The van der Waals surface area contributed by atoms with Crippen LogP contribution in [0.4, 0.5) is 0 Å². The van der Waals surface area contributed by atoms with Crippen molar-refractivity contribution in [2.24, 2.45) is 0 Å². The molecule has 0 aromatic heterocycles. The van der Waals surface area contributed by atoms with Crippen molar-refractivity contribution in [3.05, 3.63) is 119 Å². The molecule has 31 heavy (non-hydrogen) atoms. The van der Waals surface area contributed by atoms with Crippen molar-refractivity contribution in [3.8, 4) is 11.1 Å². The minimum absolute atomic E-state index is 0. The number of aryl methyl sites for hydroxylation is 1. The zero-order valence-electron chi connectivity index (χ0n) is 18.9. The van der Waals surface area contributed by atoms with Gasteiger partial charge in [0.15, 0.2) is 0 Å². The van der Waals surface area contributed by atoms with Crippen LogP contribution in [0, 0.1) is 6.92 Å². The van der Waals surface area contributed by atoms with Crippen molar-refractivity contribution in [2.75, 3.05) is 0 Å². The smallest absolute Gasteiger partial charge is 0.0183 e. The molecule has 0 saturated heterocycles. The van der Waals surface area contributed by atoms with Crippen LogP contribution in [-0.2, 0) is 10.8 Å². The van der Waals surface area contributed by atoms with Gasteiger partial charge in [0.05, 0.1) is 0 Å². The van der Waals surface area contributed by atoms with Gasteiger partial charge in [-0.2, -0.15) is 0 Å². The lowest BCUT2D eigenvalue weighted by Gasteiger charge is -2.34. The minimum Gasteiger partial charge on any atom is -0.0804 e. The standard InChI is InChI=1S/C17H20.C13H12.CH4/c1-12-9-10-17(4)14-8-6-5-7-13(14)16(2,3)15(17)11-12;1-11-7-9-13(10-8-11)12-5-3-2-4-6-12;/h5-9,11H,10H2,1-4H3;2-10H,1H3;1H4. The fourth-order valence-electron chi connectivity index (χ4n) is 5.08. The molecule has 0 saturated carbocycles. The fourth-order valence-corrected chi connectivity index (χ4v) is 5.08. The maximum atomic E-state index is 2.41. The SMILES string of the molecule is C.CC1=CCC2(C)C(=C1)C(C)(C)c1ccccc12.Cc1ccc(-c2ccccc2)cc1. The van der Waals surface area contributed by atoms with Gasteiger partial charge in [-0.05, 0) is 48.1 Å². The van der Waals surface area contributed by atoms with Gasteiger partial charge in [0.1, 0.15) is 0 Å². The average molecular weight is 409 g/mol. The van der Waals surface area contributed by atoms with Crippen LogP contribution in [0.3, 0.4) is 0 Å². The summed E-state index contributed by atoms with van der Waals surface area (Å²) < 4.78 is 0. The van der Waals surface area contributed by atoms with Crippen molar-refractivity contribution >= 4 is 0 Å². The molecule has 1 unspecified atom stereocenters. The van der Waals surface area contributed by atoms with E-state index in [4.69, 9.17) is 0 Å². The third-order valence-electron chi connectivity index (χ3n) is 6.83. The molecule has 0 bridgehead atoms. The molecular weight excluding hydrogens is 372 g/mol. The number of hydrogen-bond donors (Lipinski definition) is 0. The Balaban J connectivity index is 0.000000176. The quantitative estimate of drug-likeness (QED) is 0.377. The molecule has 0 amide bonds. The molecule has 0 heteroatoms. The minimum atomic E-state index is 0. The fraction of sp³-hybridized carbons (Fsp3) is 0.290. The highest BCUT2D eigenvalue weighted by Crippen LogP contribution is 2.56. The van der Waals surface area contributed by atoms with E-state index in [0.717, 1.165) is 6.42 Å². The Morgan fingerprint density at radius 1 is 0.645 bits per heavy atom. The highest BCUT2D eigenvalue weighted by molar-refractivity contribution is 5.63. The van der Waals surface area contributed by atoms with Crippen LogP contribution in [0.15, 0.2) is 102 Å². The van der Waals surface area contributed by atoms with Crippen molar-refractivity contribution < 1.29 is 0 Å². The number of allylic oxidation sites excluding steroid dienone is 4. The van der Waals surface area contributed by atoms with Crippen LogP contribution in [-0.4, -0.2) is 0 Å². The number of fused-ring (bicyclic) bond motifs is 3. The van der Waals surface area contributed by atoms with Crippen molar-refractivity contribution in [3.63, 3.8) is 0 Å². The lowest BCUT2D eigenvalue weighted by molar-refractivity contribution is 0.509. The van der Waals surface area contributed by atoms with E-state index in [1.54, 1.807) is 5.57 Å². The Morgan fingerprint density at radius 3 is 1.84 bits per heavy atom. The predicted octanol–water partition coefficient (Wildman–Crippen LogP) is 8.81. The van der Waals surface area contributed by atoms with Gasteiger partial charge in [-0.3, -0.25) is 0 Å². The summed E-state index contributed by atoms with van der Waals surface area (Å²) in [6.07, 6.45) is 5.93. The summed E-state index contributed by atoms with van der Waals surface area (Å²) >= 11 is 0. The van der Waals surface area contributed by atoms with E-state index < -0.39 is 0 Å². The van der Waals surface area contributed by atoms with E-state index >= 15 is 0 Å². The third kappa shape index (κ3) is 4.17. The van der Waals surface area contributed by atoms with Gasteiger partial charge >= 0.3 is 0 Å². The summed E-state index contributed by atoms with van der Waals surface area (Å²) in [7, 11) is 0. The second-order valence-electron chi connectivity index (χ2n) is 9.45. The first kappa shape index (κ1) is 22.8. The maximum absolute atomic E-state index is 2.41. The monoisotopic (exact) mass is 408 g/mol. The molecule has 160 valence electrons. The zero-order chi connectivity index (χ0) is 21.4. The van der Waals surface area contributed by atoms with Crippen LogP contribution in [0.1, 0.15) is 58.2 Å². The van der Waals surface area contributed by atoms with Crippen molar-refractivity contribution in [1.82, 2.24) is 0 Å². The molecule has 0 radical (unpaired) electrons. The van der Waals surface area contributed by atoms with Crippen LogP contribution in [0.2, 0.25) is 0 Å². The second-order valence-corrected chi connectivity index (χ2v) is 9.45. The molecule has 1 atom stereocenters. The van der Waals surface area contributed by atoms with Crippen LogP contribution < -0.4 is 0 Å². The summed E-state index contributed by atoms with van der Waals surface area (Å²) in [6, 6.07) is 28.0. The topological polar surface area (TPSA) is 0 Å². The van der Waals surface area contributed by atoms with E-state index in [0.29, 0.717) is 0 Å². The second kappa shape index (κ2) is 8.71. The van der Waals surface area contributed by atoms with E-state index in [1.807, 2.05) is 6.07 Å². The lowest BCUT2D eigenvalue weighted by Crippen LogP contribution is -2.27. The normalized spacial score (nSPS) is 20.2. The van der Waals surface area contributed by atoms with Crippen LogP contribution in [0.25, 0.3) is 11.1 Å². The van der Waals surface area contributed by atoms with Gasteiger partial charge in [0.2, 0.25) is 0 Å². The summed E-state index contributed by atoms with van der Waals surface area (Å²) in [5.41, 5.74) is 10.3. The number of hydrogen-bond acceptors (Lipinski definition) is 0. The summed E-state index contributed by atoms with van der Waals surface area (Å²) in [5, 5.41) is 0. The first-order chi connectivity index (χ1) is 14.3. The number of benzene rings is 3. The molecule has 2 aliphatic rings. The molecule has 3 aromatic carbocycles. The molecule has 0 aliphatic heterocycles. The highest BCUT2D eigenvalue weighted by Gasteiger charge is 2.49. The lowest BCUT2D eigenvalue weighted by atomic mass is 9.69. The molecule has 5 rings (SSSR count). The Bertz CT molecular complexity index is 1090. The van der Waals surface area contributed by atoms with Crippen molar-refractivity contribution in [2.45, 2.75) is 59.3 Å². The summed E-state index contributed by atoms with van der Waals surface area (Å²) in [6.45, 7) is 11.4. The van der Waals surface area contributed by atoms with Crippen LogP contribution in [0.5, 0.6) is 0 Å². The first-order valence-corrected chi connectivity index (χ1v) is 10.9. The summed E-state index contributed by atoms with van der Waals surface area (Å²) in [4.78, 5) is 0. The Kier molecular flexibility index (Phi) is 6.41. The largest absolute Gasteiger partial charge is 0.0804 e. The third-order valence-corrected chi connectivity index (χ3v) is 6.83. The van der Waals surface area contributed by atoms with Gasteiger partial charge in [0, 0.05) is 10.8 Å². The predicted molar refractivity (Wildman–Crippen MR) is 137 cm³/mol. The Morgan fingerprint density at radius 2 is 1.19 bits per heavy atom. The van der Waals surface area contributed by atoms with Gasteiger partial charge < -0.3 is 0 Å². The van der Waals surface area contributed by atoms with Gasteiger partial charge in [0.25, 0.3) is 0 Å². The van der Waals surface area contributed by atoms with E-state index in [2.05, 4.69) is 120 Å². The van der Waals surface area contributed by atoms with Gasteiger partial charge in [-0.15, -0.1) is 0 Å². The van der Waals surface area contributed by atoms with Crippen molar-refractivity contribution in [1.29, 1.82) is 0 Å². The Hall–Kier alpha value is -2.86. The zero-order valence-corrected chi connectivity index (χ0v) is 18.9. The molecule has 0 nitrogen and oxygen atoms in total. The van der Waals surface area contributed by atoms with E-state index in [9.17, 15) is 0 Å². The highest BCUT2D eigenvalue weighted by atomic mass is 14.5. The molecule has 0 fully saturated rings. The molecule has 0 N–H and O–H groups in total. The molecule has 0 spiro atoms. The first-order valence-electron chi connectivity index (χ1n) is 10.9. The van der Waals surface area contributed by atoms with E-state index in [-0.39, 0.29) is 18.3 Å². The maximum Gasteiger partial charge on any atom is 0.0183 e. The average Bonchev–Trinajstić information content (AvgIpc) is 2.94. The van der Waals surface area contributed by atoms with Crippen LogP contribution >= 0.6 is 0 Å². The summed E-state index contributed by atoms with van der Waals surface area (Å²) in [5.74, 6) is 0. The molecule has 3 aromatic rings. The van der Waals surface area contributed by atoms with Gasteiger partial charge in [-0.25, -0.2) is 0 Å². The van der Waals surface area contributed by atoms with E-state index in [1.165, 1.54) is 33.4 Å². The Labute approximate surface area is 189 Å². The molecule has 0 heterocycles.